The van der Waals surface area contributed by atoms with Gasteiger partial charge in [0.15, 0.2) is 0 Å². The Labute approximate surface area is 212 Å². The van der Waals surface area contributed by atoms with E-state index in [1.807, 2.05) is 46.3 Å². The third kappa shape index (κ3) is 4.41. The van der Waals surface area contributed by atoms with Crippen LogP contribution in [0.25, 0.3) is 11.3 Å². The largest absolute Gasteiger partial charge is 0.496 e. The second-order valence-electron chi connectivity index (χ2n) is 8.52. The van der Waals surface area contributed by atoms with E-state index in [1.54, 1.807) is 19.1 Å². The lowest BCUT2D eigenvalue weighted by atomic mass is 9.87. The van der Waals surface area contributed by atoms with Crippen LogP contribution < -0.4 is 20.5 Å². The van der Waals surface area contributed by atoms with Gasteiger partial charge in [0.25, 0.3) is 11.8 Å². The van der Waals surface area contributed by atoms with Gasteiger partial charge in [0.2, 0.25) is 0 Å². The van der Waals surface area contributed by atoms with Crippen LogP contribution in [0, 0.1) is 22.7 Å². The zero-order valence-corrected chi connectivity index (χ0v) is 21.6. The molecule has 10 heteroatoms. The van der Waals surface area contributed by atoms with Crippen LogP contribution in [0.3, 0.4) is 0 Å². The Morgan fingerprint density at radius 3 is 2.38 bits per heavy atom. The summed E-state index contributed by atoms with van der Waals surface area (Å²) in [6.07, 6.45) is 2.58. The highest BCUT2D eigenvalue weighted by atomic mass is 127. The average molecular weight is 577 g/mol. The van der Waals surface area contributed by atoms with Crippen LogP contribution in [0.2, 0.25) is 0 Å². The molecular formula is C24H28IN5O4. The van der Waals surface area contributed by atoms with Gasteiger partial charge in [0, 0.05) is 59.3 Å². The topological polar surface area (TPSA) is 112 Å². The van der Waals surface area contributed by atoms with Crippen LogP contribution in [0.1, 0.15) is 41.2 Å². The Balaban J connectivity index is 1.71. The number of carbonyl (C=O) groups excluding carboxylic acids is 2. The van der Waals surface area contributed by atoms with Gasteiger partial charge in [-0.15, -0.1) is 0 Å². The average Bonchev–Trinajstić information content (AvgIpc) is 3.24. The first-order valence-electron chi connectivity index (χ1n) is 11.2. The molecule has 2 aromatic rings. The third-order valence-corrected chi connectivity index (χ3v) is 7.02. The molecule has 4 rings (SSSR count). The van der Waals surface area contributed by atoms with Crippen LogP contribution in [-0.2, 0) is 4.79 Å². The number of nitrogens with two attached hydrogens (primary N) is 1. The molecule has 2 aliphatic heterocycles. The first-order chi connectivity index (χ1) is 16.4. The quantitative estimate of drug-likeness (QED) is 0.418. The van der Waals surface area contributed by atoms with Crippen molar-refractivity contribution in [1.82, 2.24) is 14.7 Å². The number of benzene rings is 1. The van der Waals surface area contributed by atoms with Gasteiger partial charge in [0.05, 0.1) is 20.3 Å². The number of piperidine rings is 1. The van der Waals surface area contributed by atoms with Gasteiger partial charge in [-0.1, -0.05) is 0 Å². The standard InChI is InChI=1S/C24H28IN5O4/c1-14-18(33-2)12-16(13-19(14)34-3)22-21(23(26)32)24-27-9-5-17(30(24)28-22)15-6-10-29(11-7-15)20(31)4-8-25/h12-13,15,17,27H,5-7,9-11H2,1-3H3,(H2,26,32). The van der Waals surface area contributed by atoms with E-state index in [1.165, 1.54) is 0 Å². The van der Waals surface area contributed by atoms with E-state index >= 15 is 0 Å². The fraction of sp³-hybridized carbons (Fsp3) is 0.458. The Kier molecular flexibility index (Phi) is 7.21. The SMILES string of the molecule is COc1cc(-c2nn3c(c2C(N)=O)NCCC3C2CCN(C(=O)C#CI)CC2)cc(OC)c1C. The lowest BCUT2D eigenvalue weighted by Crippen LogP contribution is -2.41. The van der Waals surface area contributed by atoms with Crippen LogP contribution in [-0.4, -0.2) is 60.3 Å². The Hall–Kier alpha value is -2.94. The molecule has 1 fully saturated rings. The van der Waals surface area contributed by atoms with E-state index in [9.17, 15) is 9.59 Å². The normalized spacial score (nSPS) is 17.8. The molecule has 0 spiro atoms. The molecule has 0 bridgehead atoms. The molecule has 1 aromatic heterocycles. The van der Waals surface area contributed by atoms with Gasteiger partial charge < -0.3 is 25.4 Å². The monoisotopic (exact) mass is 577 g/mol. The van der Waals surface area contributed by atoms with Crippen molar-refractivity contribution >= 4 is 40.2 Å². The number of likely N-dealkylation sites (tertiary alicyclic amines) is 1. The summed E-state index contributed by atoms with van der Waals surface area (Å²) in [7, 11) is 3.19. The van der Waals surface area contributed by atoms with E-state index in [0.717, 1.165) is 31.4 Å². The Morgan fingerprint density at radius 1 is 1.18 bits per heavy atom. The van der Waals surface area contributed by atoms with Crippen molar-refractivity contribution in [3.05, 3.63) is 23.3 Å². The number of methoxy groups -OCH3 is 2. The smallest absolute Gasteiger partial charge is 0.299 e. The van der Waals surface area contributed by atoms with E-state index < -0.39 is 5.91 Å². The van der Waals surface area contributed by atoms with Crippen molar-refractivity contribution in [2.45, 2.75) is 32.2 Å². The maximum absolute atomic E-state index is 12.6. The minimum atomic E-state index is -0.541. The van der Waals surface area contributed by atoms with E-state index in [0.29, 0.717) is 53.1 Å². The molecule has 1 saturated heterocycles. The molecule has 1 atom stereocenters. The van der Waals surface area contributed by atoms with Crippen LogP contribution in [0.4, 0.5) is 5.82 Å². The lowest BCUT2D eigenvalue weighted by molar-refractivity contribution is -0.126. The Morgan fingerprint density at radius 2 is 1.82 bits per heavy atom. The molecule has 9 nitrogen and oxygen atoms in total. The minimum absolute atomic E-state index is 0.102. The summed E-state index contributed by atoms with van der Waals surface area (Å²) < 4.78 is 15.6. The summed E-state index contributed by atoms with van der Waals surface area (Å²) >= 11 is 1.88. The number of primary amides is 1. The summed E-state index contributed by atoms with van der Waals surface area (Å²) in [5, 5.41) is 8.24. The zero-order chi connectivity index (χ0) is 24.4. The highest BCUT2D eigenvalue weighted by Crippen LogP contribution is 2.42. The number of fused-ring (bicyclic) bond motifs is 1. The second kappa shape index (κ2) is 10.1. The number of aromatic nitrogens is 2. The number of nitrogens with one attached hydrogen (secondary N) is 1. The number of nitrogens with zero attached hydrogens (tertiary/aromatic N) is 3. The molecule has 3 heterocycles. The molecule has 1 aromatic carbocycles. The van der Waals surface area contributed by atoms with Gasteiger partial charge in [-0.05, 0) is 48.2 Å². The first-order valence-corrected chi connectivity index (χ1v) is 12.3. The van der Waals surface area contributed by atoms with Crippen molar-refractivity contribution in [3.8, 4) is 32.6 Å². The first kappa shape index (κ1) is 24.2. The predicted octanol–water partition coefficient (Wildman–Crippen LogP) is 2.97. The number of hydrogen-bond donors (Lipinski definition) is 2. The van der Waals surface area contributed by atoms with E-state index in [-0.39, 0.29) is 11.9 Å². The van der Waals surface area contributed by atoms with Crippen molar-refractivity contribution in [3.63, 3.8) is 0 Å². The number of carbonyl (C=O) groups is 2. The minimum Gasteiger partial charge on any atom is -0.496 e. The predicted molar refractivity (Wildman–Crippen MR) is 137 cm³/mol. The summed E-state index contributed by atoms with van der Waals surface area (Å²) in [5.41, 5.74) is 8.28. The van der Waals surface area contributed by atoms with Crippen molar-refractivity contribution in [2.75, 3.05) is 39.2 Å². The summed E-state index contributed by atoms with van der Waals surface area (Å²) in [6.45, 7) is 3.96. The molecule has 180 valence electrons. The number of rotatable bonds is 5. The van der Waals surface area contributed by atoms with Gasteiger partial charge in [-0.3, -0.25) is 9.59 Å². The van der Waals surface area contributed by atoms with Crippen molar-refractivity contribution < 1.29 is 19.1 Å². The third-order valence-electron chi connectivity index (χ3n) is 6.75. The number of amides is 2. The summed E-state index contributed by atoms with van der Waals surface area (Å²) in [5.74, 6) is 4.21. The van der Waals surface area contributed by atoms with Crippen LogP contribution in [0.15, 0.2) is 12.1 Å². The number of halogens is 1. The molecule has 34 heavy (non-hydrogen) atoms. The van der Waals surface area contributed by atoms with Crippen molar-refractivity contribution in [2.24, 2.45) is 11.7 Å². The molecule has 2 amide bonds. The second-order valence-corrected chi connectivity index (χ2v) is 9.06. The highest BCUT2D eigenvalue weighted by Gasteiger charge is 2.36. The van der Waals surface area contributed by atoms with Crippen LogP contribution in [0.5, 0.6) is 11.5 Å². The fourth-order valence-corrected chi connectivity index (χ4v) is 5.24. The zero-order valence-electron chi connectivity index (χ0n) is 19.5. The van der Waals surface area contributed by atoms with Gasteiger partial charge in [-0.2, -0.15) is 5.10 Å². The summed E-state index contributed by atoms with van der Waals surface area (Å²) in [6, 6.07) is 3.81. The Bertz CT molecular complexity index is 1150. The van der Waals surface area contributed by atoms with Gasteiger partial charge in [0.1, 0.15) is 28.6 Å². The molecular weight excluding hydrogens is 549 g/mol. The van der Waals surface area contributed by atoms with Gasteiger partial charge >= 0.3 is 0 Å². The molecule has 2 aliphatic rings. The highest BCUT2D eigenvalue weighted by molar-refractivity contribution is 14.1. The number of ether oxygens (including phenoxy) is 2. The molecule has 0 radical (unpaired) electrons. The number of anilines is 1. The number of hydrogen-bond acceptors (Lipinski definition) is 6. The molecule has 1 unspecified atom stereocenters. The molecule has 3 N–H and O–H groups in total. The maximum Gasteiger partial charge on any atom is 0.299 e. The summed E-state index contributed by atoms with van der Waals surface area (Å²) in [4.78, 5) is 26.5. The van der Waals surface area contributed by atoms with Crippen LogP contribution >= 0.6 is 22.6 Å². The van der Waals surface area contributed by atoms with Gasteiger partial charge in [-0.25, -0.2) is 4.68 Å². The maximum atomic E-state index is 12.6. The van der Waals surface area contributed by atoms with Crippen molar-refractivity contribution in [1.29, 1.82) is 0 Å². The molecule has 0 saturated carbocycles. The fourth-order valence-electron chi connectivity index (χ4n) is 5.01. The van der Waals surface area contributed by atoms with E-state index in [4.69, 9.17) is 20.3 Å². The van der Waals surface area contributed by atoms with E-state index in [2.05, 4.69) is 15.2 Å². The lowest BCUT2D eigenvalue weighted by Gasteiger charge is -2.37. The molecule has 0 aliphatic carbocycles.